The zero-order chi connectivity index (χ0) is 20.8. The Balaban J connectivity index is 1.63. The number of hydrogen-bond acceptors (Lipinski definition) is 7. The summed E-state index contributed by atoms with van der Waals surface area (Å²) in [6.07, 6.45) is -1.01. The van der Waals surface area contributed by atoms with Crippen molar-refractivity contribution < 1.29 is 33.3 Å². The molecule has 0 spiro atoms. The molecular weight excluding hydrogens is 378 g/mol. The van der Waals surface area contributed by atoms with E-state index < -0.39 is 18.0 Å². The smallest absolute Gasteiger partial charge is 0.339 e. The second-order valence-corrected chi connectivity index (χ2v) is 6.19. The van der Waals surface area contributed by atoms with E-state index in [4.69, 9.17) is 23.7 Å². The van der Waals surface area contributed by atoms with Crippen molar-refractivity contribution in [1.29, 1.82) is 0 Å². The van der Waals surface area contributed by atoms with Gasteiger partial charge in [-0.05, 0) is 44.2 Å². The summed E-state index contributed by atoms with van der Waals surface area (Å²) in [6.45, 7) is 4.68. The van der Waals surface area contributed by atoms with E-state index >= 15 is 0 Å². The molecule has 8 heteroatoms. The average Bonchev–Trinajstić information content (AvgIpc) is 2.73. The van der Waals surface area contributed by atoms with Crippen LogP contribution < -0.4 is 24.3 Å². The van der Waals surface area contributed by atoms with Crippen molar-refractivity contribution in [3.63, 3.8) is 0 Å². The minimum absolute atomic E-state index is 0.258. The molecular formula is C21H23NO7. The maximum absolute atomic E-state index is 12.4. The van der Waals surface area contributed by atoms with Gasteiger partial charge >= 0.3 is 5.97 Å². The summed E-state index contributed by atoms with van der Waals surface area (Å²) >= 11 is 0. The Bertz CT molecular complexity index is 897. The van der Waals surface area contributed by atoms with Crippen molar-refractivity contribution in [3.05, 3.63) is 42.0 Å². The summed E-state index contributed by atoms with van der Waals surface area (Å²) in [4.78, 5) is 24.8. The maximum Gasteiger partial charge on any atom is 0.339 e. The lowest BCUT2D eigenvalue weighted by Gasteiger charge is -2.19. The second-order valence-electron chi connectivity index (χ2n) is 6.19. The van der Waals surface area contributed by atoms with Gasteiger partial charge in [0.05, 0.1) is 19.3 Å². The molecule has 29 heavy (non-hydrogen) atoms. The molecule has 0 aromatic heterocycles. The van der Waals surface area contributed by atoms with Gasteiger partial charge in [0.25, 0.3) is 5.91 Å². The molecule has 2 aromatic rings. The van der Waals surface area contributed by atoms with Crippen molar-refractivity contribution in [3.8, 4) is 23.0 Å². The van der Waals surface area contributed by atoms with Gasteiger partial charge in [-0.25, -0.2) is 4.79 Å². The van der Waals surface area contributed by atoms with E-state index in [9.17, 15) is 9.59 Å². The number of benzene rings is 2. The third kappa shape index (κ3) is 4.90. The first-order valence-corrected chi connectivity index (χ1v) is 9.24. The van der Waals surface area contributed by atoms with E-state index in [0.717, 1.165) is 0 Å². The van der Waals surface area contributed by atoms with Crippen LogP contribution in [0.2, 0.25) is 0 Å². The third-order valence-corrected chi connectivity index (χ3v) is 4.16. The lowest BCUT2D eigenvalue weighted by atomic mass is 10.2. The molecule has 0 unspecified atom stereocenters. The highest BCUT2D eigenvalue weighted by Gasteiger charge is 2.21. The Morgan fingerprint density at radius 1 is 1.07 bits per heavy atom. The molecule has 0 radical (unpaired) electrons. The van der Waals surface area contributed by atoms with Crippen LogP contribution in [0.4, 0.5) is 5.69 Å². The number of rotatable bonds is 7. The normalized spacial score (nSPS) is 13.2. The summed E-state index contributed by atoms with van der Waals surface area (Å²) in [7, 11) is 1.51. The van der Waals surface area contributed by atoms with E-state index in [1.807, 2.05) is 6.92 Å². The van der Waals surface area contributed by atoms with Crippen LogP contribution in [-0.2, 0) is 9.53 Å². The molecule has 1 aliphatic rings. The minimum Gasteiger partial charge on any atom is -0.493 e. The van der Waals surface area contributed by atoms with E-state index in [-0.39, 0.29) is 5.56 Å². The number of anilines is 1. The predicted octanol–water partition coefficient (Wildman–Crippen LogP) is 3.05. The van der Waals surface area contributed by atoms with E-state index in [1.165, 1.54) is 20.1 Å². The number of ether oxygens (including phenoxy) is 5. The molecule has 0 saturated heterocycles. The fourth-order valence-corrected chi connectivity index (χ4v) is 2.72. The average molecular weight is 401 g/mol. The largest absolute Gasteiger partial charge is 0.493 e. The first-order valence-electron chi connectivity index (χ1n) is 9.24. The van der Waals surface area contributed by atoms with Crippen molar-refractivity contribution in [2.24, 2.45) is 0 Å². The summed E-state index contributed by atoms with van der Waals surface area (Å²) in [5.41, 5.74) is 0.776. The molecule has 1 atom stereocenters. The van der Waals surface area contributed by atoms with Gasteiger partial charge in [-0.3, -0.25) is 4.79 Å². The predicted molar refractivity (Wildman–Crippen MR) is 105 cm³/mol. The Kier molecular flexibility index (Phi) is 6.43. The first kappa shape index (κ1) is 20.3. The highest BCUT2D eigenvalue weighted by Crippen LogP contribution is 2.32. The van der Waals surface area contributed by atoms with Crippen molar-refractivity contribution in [2.45, 2.75) is 20.0 Å². The number of methoxy groups -OCH3 is 1. The zero-order valence-electron chi connectivity index (χ0n) is 16.5. The molecule has 1 N–H and O–H groups in total. The SMILES string of the molecule is CCOc1cc(C(=O)O[C@@H](C)C(=O)Nc2ccc3c(c2)OCCO3)ccc1OC. The number of esters is 1. The highest BCUT2D eigenvalue weighted by molar-refractivity contribution is 5.97. The van der Waals surface area contributed by atoms with Crippen LogP contribution in [0.25, 0.3) is 0 Å². The third-order valence-electron chi connectivity index (χ3n) is 4.16. The molecule has 154 valence electrons. The maximum atomic E-state index is 12.4. The van der Waals surface area contributed by atoms with Crippen LogP contribution in [0.15, 0.2) is 36.4 Å². The van der Waals surface area contributed by atoms with Gasteiger partial charge in [-0.2, -0.15) is 0 Å². The first-order chi connectivity index (χ1) is 14.0. The Morgan fingerprint density at radius 2 is 1.83 bits per heavy atom. The van der Waals surface area contributed by atoms with Crippen LogP contribution >= 0.6 is 0 Å². The Labute approximate surface area is 168 Å². The number of hydrogen-bond donors (Lipinski definition) is 1. The van der Waals surface area contributed by atoms with Gasteiger partial charge in [0, 0.05) is 11.8 Å². The molecule has 1 aliphatic heterocycles. The Hall–Kier alpha value is -3.42. The van der Waals surface area contributed by atoms with Crippen LogP contribution in [0, 0.1) is 0 Å². The number of carbonyl (C=O) groups is 2. The Morgan fingerprint density at radius 3 is 2.55 bits per heavy atom. The van der Waals surface area contributed by atoms with Crippen LogP contribution in [-0.4, -0.2) is 44.9 Å². The van der Waals surface area contributed by atoms with Crippen LogP contribution in [0.1, 0.15) is 24.2 Å². The molecule has 1 amide bonds. The highest BCUT2D eigenvalue weighted by atomic mass is 16.6. The van der Waals surface area contributed by atoms with Gasteiger partial charge in [-0.1, -0.05) is 0 Å². The quantitative estimate of drug-likeness (QED) is 0.713. The van der Waals surface area contributed by atoms with Gasteiger partial charge in [0.15, 0.2) is 29.1 Å². The molecule has 2 aromatic carbocycles. The summed E-state index contributed by atoms with van der Waals surface area (Å²) in [6, 6.07) is 9.76. The molecule has 3 rings (SSSR count). The monoisotopic (exact) mass is 401 g/mol. The minimum atomic E-state index is -1.01. The fraction of sp³-hybridized carbons (Fsp3) is 0.333. The number of amides is 1. The summed E-state index contributed by atoms with van der Waals surface area (Å²) in [5.74, 6) is 1.01. The number of nitrogens with one attached hydrogen (secondary N) is 1. The van der Waals surface area contributed by atoms with Crippen molar-refractivity contribution >= 4 is 17.6 Å². The molecule has 1 heterocycles. The molecule has 0 fully saturated rings. The summed E-state index contributed by atoms with van der Waals surface area (Å²) < 4.78 is 26.9. The van der Waals surface area contributed by atoms with Crippen LogP contribution in [0.5, 0.6) is 23.0 Å². The van der Waals surface area contributed by atoms with E-state index in [0.29, 0.717) is 48.5 Å². The second kappa shape index (κ2) is 9.18. The lowest BCUT2D eigenvalue weighted by Crippen LogP contribution is -2.30. The van der Waals surface area contributed by atoms with E-state index in [1.54, 1.807) is 30.3 Å². The molecule has 0 bridgehead atoms. The molecule has 8 nitrogen and oxygen atoms in total. The van der Waals surface area contributed by atoms with Gasteiger partial charge < -0.3 is 29.0 Å². The van der Waals surface area contributed by atoms with Gasteiger partial charge in [0.2, 0.25) is 0 Å². The van der Waals surface area contributed by atoms with E-state index in [2.05, 4.69) is 5.32 Å². The van der Waals surface area contributed by atoms with Crippen molar-refractivity contribution in [1.82, 2.24) is 0 Å². The van der Waals surface area contributed by atoms with Gasteiger partial charge in [0.1, 0.15) is 13.2 Å². The molecule has 0 saturated carbocycles. The summed E-state index contributed by atoms with van der Waals surface area (Å²) in [5, 5.41) is 2.70. The fourth-order valence-electron chi connectivity index (χ4n) is 2.72. The standard InChI is InChI=1S/C21H23NO7/c1-4-26-18-11-14(5-7-16(18)25-3)21(24)29-13(2)20(23)22-15-6-8-17-19(12-15)28-10-9-27-17/h5-8,11-13H,4,9-10H2,1-3H3,(H,22,23)/t13-/m0/s1. The topological polar surface area (TPSA) is 92.3 Å². The number of carbonyl (C=O) groups excluding carboxylic acids is 2. The number of fused-ring (bicyclic) bond motifs is 1. The van der Waals surface area contributed by atoms with Crippen molar-refractivity contribution in [2.75, 3.05) is 32.2 Å². The molecule has 0 aliphatic carbocycles. The zero-order valence-corrected chi connectivity index (χ0v) is 16.5. The van der Waals surface area contributed by atoms with Gasteiger partial charge in [-0.15, -0.1) is 0 Å². The lowest BCUT2D eigenvalue weighted by molar-refractivity contribution is -0.123. The van der Waals surface area contributed by atoms with Crippen LogP contribution in [0.3, 0.4) is 0 Å².